The number of nitrogens with zero attached hydrogens (tertiary/aromatic N) is 2. The summed E-state index contributed by atoms with van der Waals surface area (Å²) in [4.78, 5) is 25.7. The minimum Gasteiger partial charge on any atom is -0.300 e. The SMILES string of the molecule is Cc1cccc2c1N(Cc1ccc(C#N)cc1)C(=O)C2=O. The Morgan fingerprint density at radius 1 is 1.10 bits per heavy atom. The Hall–Kier alpha value is -2.93. The molecule has 3 rings (SSSR count). The molecule has 0 unspecified atom stereocenters. The Kier molecular flexibility index (Phi) is 3.03. The number of aryl methyl sites for hydroxylation is 1. The maximum atomic E-state index is 12.2. The average Bonchev–Trinajstić information content (AvgIpc) is 2.74. The highest BCUT2D eigenvalue weighted by Crippen LogP contribution is 2.33. The van der Waals surface area contributed by atoms with Gasteiger partial charge in [-0.3, -0.25) is 9.59 Å². The summed E-state index contributed by atoms with van der Waals surface area (Å²) in [6.45, 7) is 2.21. The van der Waals surface area contributed by atoms with Crippen molar-refractivity contribution >= 4 is 17.4 Å². The van der Waals surface area contributed by atoms with Crippen molar-refractivity contribution in [2.24, 2.45) is 0 Å². The van der Waals surface area contributed by atoms with E-state index in [1.165, 1.54) is 4.90 Å². The highest BCUT2D eigenvalue weighted by Gasteiger charge is 2.36. The summed E-state index contributed by atoms with van der Waals surface area (Å²) >= 11 is 0. The van der Waals surface area contributed by atoms with Crippen LogP contribution in [0.25, 0.3) is 0 Å². The molecule has 0 radical (unpaired) electrons. The molecule has 0 aliphatic carbocycles. The normalized spacial score (nSPS) is 13.2. The molecule has 0 N–H and O–H groups in total. The molecule has 0 bridgehead atoms. The number of benzene rings is 2. The van der Waals surface area contributed by atoms with Crippen molar-refractivity contribution in [2.75, 3.05) is 4.90 Å². The molecule has 102 valence electrons. The summed E-state index contributed by atoms with van der Waals surface area (Å²) in [5.41, 5.74) is 3.51. The van der Waals surface area contributed by atoms with Gasteiger partial charge in [0.2, 0.25) is 0 Å². The first-order valence-electron chi connectivity index (χ1n) is 6.56. The van der Waals surface area contributed by atoms with Crippen molar-refractivity contribution < 1.29 is 9.59 Å². The van der Waals surface area contributed by atoms with E-state index in [0.29, 0.717) is 23.4 Å². The highest BCUT2D eigenvalue weighted by molar-refractivity contribution is 6.52. The zero-order valence-electron chi connectivity index (χ0n) is 11.5. The van der Waals surface area contributed by atoms with Gasteiger partial charge in [0.15, 0.2) is 0 Å². The van der Waals surface area contributed by atoms with Gasteiger partial charge >= 0.3 is 0 Å². The van der Waals surface area contributed by atoms with Gasteiger partial charge in [-0.25, -0.2) is 0 Å². The number of rotatable bonds is 2. The molecular formula is C17H12N2O2. The average molecular weight is 276 g/mol. The summed E-state index contributed by atoms with van der Waals surface area (Å²) in [5, 5.41) is 8.80. The molecule has 1 aliphatic heterocycles. The number of carbonyl (C=O) groups is 2. The van der Waals surface area contributed by atoms with Crippen LogP contribution in [0.2, 0.25) is 0 Å². The molecule has 0 saturated carbocycles. The fraction of sp³-hybridized carbons (Fsp3) is 0.118. The Balaban J connectivity index is 1.98. The van der Waals surface area contributed by atoms with Crippen LogP contribution in [0.1, 0.15) is 27.0 Å². The molecule has 0 fully saturated rings. The highest BCUT2D eigenvalue weighted by atomic mass is 16.2. The van der Waals surface area contributed by atoms with Gasteiger partial charge in [-0.15, -0.1) is 0 Å². The predicted molar refractivity (Wildman–Crippen MR) is 77.9 cm³/mol. The minimum absolute atomic E-state index is 0.328. The molecule has 1 heterocycles. The zero-order chi connectivity index (χ0) is 15.0. The molecule has 1 aliphatic rings. The van der Waals surface area contributed by atoms with Crippen LogP contribution in [0.3, 0.4) is 0 Å². The first kappa shape index (κ1) is 13.1. The third kappa shape index (κ3) is 2.09. The monoisotopic (exact) mass is 276 g/mol. The molecule has 0 spiro atoms. The van der Waals surface area contributed by atoms with Crippen LogP contribution in [0, 0.1) is 18.3 Å². The van der Waals surface area contributed by atoms with Gasteiger partial charge in [0, 0.05) is 0 Å². The molecule has 0 atom stereocenters. The van der Waals surface area contributed by atoms with Gasteiger partial charge in [-0.1, -0.05) is 24.3 Å². The van der Waals surface area contributed by atoms with Gasteiger partial charge in [-0.2, -0.15) is 5.26 Å². The van der Waals surface area contributed by atoms with E-state index in [1.807, 2.05) is 13.0 Å². The first-order chi connectivity index (χ1) is 10.1. The summed E-state index contributed by atoms with van der Waals surface area (Å²) in [6, 6.07) is 14.4. The lowest BCUT2D eigenvalue weighted by Crippen LogP contribution is -2.29. The number of Topliss-reactive ketones (excluding diaryl/α,β-unsaturated/α-hetero) is 1. The lowest BCUT2D eigenvalue weighted by molar-refractivity contribution is -0.114. The number of anilines is 1. The Labute approximate surface area is 122 Å². The number of hydrogen-bond donors (Lipinski definition) is 0. The standard InChI is InChI=1S/C17H12N2O2/c1-11-3-2-4-14-15(11)19(17(21)16(14)20)10-13-7-5-12(9-18)6-8-13/h2-8H,10H2,1H3. The fourth-order valence-electron chi connectivity index (χ4n) is 2.56. The van der Waals surface area contributed by atoms with Gasteiger partial charge in [0.1, 0.15) is 0 Å². The third-order valence-electron chi connectivity index (χ3n) is 3.62. The van der Waals surface area contributed by atoms with E-state index in [-0.39, 0.29) is 0 Å². The number of amides is 1. The van der Waals surface area contributed by atoms with E-state index in [4.69, 9.17) is 5.26 Å². The number of ketones is 1. The molecule has 0 saturated heterocycles. The van der Waals surface area contributed by atoms with E-state index in [9.17, 15) is 9.59 Å². The molecule has 4 heteroatoms. The topological polar surface area (TPSA) is 61.2 Å². The second kappa shape index (κ2) is 4.88. The van der Waals surface area contributed by atoms with Gasteiger partial charge < -0.3 is 4.90 Å². The second-order valence-electron chi connectivity index (χ2n) is 5.00. The lowest BCUT2D eigenvalue weighted by Gasteiger charge is -2.18. The number of nitriles is 1. The molecule has 1 amide bonds. The third-order valence-corrected chi connectivity index (χ3v) is 3.62. The number of hydrogen-bond acceptors (Lipinski definition) is 3. The molecule has 2 aromatic carbocycles. The molecule has 2 aromatic rings. The van der Waals surface area contributed by atoms with Crippen LogP contribution in [0.15, 0.2) is 42.5 Å². The minimum atomic E-state index is -0.497. The van der Waals surface area contributed by atoms with Crippen LogP contribution in [-0.2, 0) is 11.3 Å². The first-order valence-corrected chi connectivity index (χ1v) is 6.56. The summed E-state index contributed by atoms with van der Waals surface area (Å²) < 4.78 is 0. The Bertz CT molecular complexity index is 785. The van der Waals surface area contributed by atoms with Crippen molar-refractivity contribution in [3.63, 3.8) is 0 Å². The molecule has 21 heavy (non-hydrogen) atoms. The van der Waals surface area contributed by atoms with E-state index in [0.717, 1.165) is 11.1 Å². The zero-order valence-corrected chi connectivity index (χ0v) is 11.5. The molecule has 4 nitrogen and oxygen atoms in total. The quantitative estimate of drug-likeness (QED) is 0.792. The van der Waals surface area contributed by atoms with Crippen LogP contribution in [0.4, 0.5) is 5.69 Å². The van der Waals surface area contributed by atoms with Gasteiger partial charge in [0.05, 0.1) is 29.4 Å². The van der Waals surface area contributed by atoms with E-state index < -0.39 is 11.7 Å². The lowest BCUT2D eigenvalue weighted by atomic mass is 10.1. The summed E-state index contributed by atoms with van der Waals surface area (Å²) in [5.74, 6) is -0.953. The maximum Gasteiger partial charge on any atom is 0.299 e. The number of fused-ring (bicyclic) bond motifs is 1. The number of para-hydroxylation sites is 1. The van der Waals surface area contributed by atoms with E-state index in [2.05, 4.69) is 6.07 Å². The maximum absolute atomic E-state index is 12.2. The second-order valence-corrected chi connectivity index (χ2v) is 5.00. The smallest absolute Gasteiger partial charge is 0.299 e. The van der Waals surface area contributed by atoms with Crippen LogP contribution < -0.4 is 4.90 Å². The van der Waals surface area contributed by atoms with Crippen molar-refractivity contribution in [3.8, 4) is 6.07 Å². The van der Waals surface area contributed by atoms with Crippen molar-refractivity contribution in [2.45, 2.75) is 13.5 Å². The summed E-state index contributed by atoms with van der Waals surface area (Å²) in [6.07, 6.45) is 0. The van der Waals surface area contributed by atoms with E-state index in [1.54, 1.807) is 36.4 Å². The van der Waals surface area contributed by atoms with Gasteiger partial charge in [-0.05, 0) is 36.2 Å². The molecular weight excluding hydrogens is 264 g/mol. The largest absolute Gasteiger partial charge is 0.300 e. The van der Waals surface area contributed by atoms with Crippen LogP contribution in [-0.4, -0.2) is 11.7 Å². The predicted octanol–water partition coefficient (Wildman–Crippen LogP) is 2.60. The summed E-state index contributed by atoms with van der Waals surface area (Å²) in [7, 11) is 0. The number of carbonyl (C=O) groups excluding carboxylic acids is 2. The van der Waals surface area contributed by atoms with Crippen molar-refractivity contribution in [3.05, 3.63) is 64.7 Å². The molecule has 0 aromatic heterocycles. The van der Waals surface area contributed by atoms with E-state index >= 15 is 0 Å². The van der Waals surface area contributed by atoms with Gasteiger partial charge in [0.25, 0.3) is 11.7 Å². The Morgan fingerprint density at radius 2 is 1.81 bits per heavy atom. The van der Waals surface area contributed by atoms with Crippen LogP contribution >= 0.6 is 0 Å². The van der Waals surface area contributed by atoms with Crippen molar-refractivity contribution in [1.29, 1.82) is 5.26 Å². The Morgan fingerprint density at radius 3 is 2.48 bits per heavy atom. The van der Waals surface area contributed by atoms with Crippen molar-refractivity contribution in [1.82, 2.24) is 0 Å². The fourth-order valence-corrected chi connectivity index (χ4v) is 2.56. The van der Waals surface area contributed by atoms with Crippen LogP contribution in [0.5, 0.6) is 0 Å².